The number of alkyl halides is 3. The Hall–Kier alpha value is -1.34. The van der Waals surface area contributed by atoms with Gasteiger partial charge >= 0.3 is 6.18 Å². The molecule has 102 valence electrons. The Labute approximate surface area is 101 Å². The number of ether oxygens (including phenoxy) is 1. The lowest BCUT2D eigenvalue weighted by Crippen LogP contribution is -2.38. The smallest absolute Gasteiger partial charge is 0.403 e. The molecule has 1 aromatic rings. The van der Waals surface area contributed by atoms with Crippen LogP contribution in [0, 0.1) is 5.82 Å². The van der Waals surface area contributed by atoms with Crippen molar-refractivity contribution in [1.29, 1.82) is 0 Å². The Morgan fingerprint density at radius 1 is 1.39 bits per heavy atom. The largest absolute Gasteiger partial charge is 0.494 e. The highest BCUT2D eigenvalue weighted by Crippen LogP contribution is 2.29. The molecule has 0 unspecified atom stereocenters. The third-order valence-electron chi connectivity index (χ3n) is 2.46. The van der Waals surface area contributed by atoms with Crippen LogP contribution in [0.3, 0.4) is 0 Å². The molecule has 3 nitrogen and oxygen atoms in total. The first-order chi connectivity index (χ1) is 8.25. The predicted molar refractivity (Wildman–Crippen MR) is 56.6 cm³/mol. The molecule has 0 aliphatic carbocycles. The van der Waals surface area contributed by atoms with Gasteiger partial charge in [-0.2, -0.15) is 13.2 Å². The zero-order valence-electron chi connectivity index (χ0n) is 9.54. The Morgan fingerprint density at radius 2 is 2.00 bits per heavy atom. The van der Waals surface area contributed by atoms with E-state index in [0.29, 0.717) is 0 Å². The fourth-order valence-electron chi connectivity index (χ4n) is 1.39. The average molecular weight is 267 g/mol. The lowest BCUT2D eigenvalue weighted by atomic mass is 10.0. The number of benzene rings is 1. The van der Waals surface area contributed by atoms with Gasteiger partial charge in [-0.15, -0.1) is 0 Å². The molecule has 0 bridgehead atoms. The van der Waals surface area contributed by atoms with Crippen LogP contribution in [0.25, 0.3) is 0 Å². The van der Waals surface area contributed by atoms with Crippen LogP contribution in [-0.4, -0.2) is 24.4 Å². The number of hydrogen-bond donors (Lipinski definition) is 2. The predicted octanol–water partition coefficient (Wildman–Crippen LogP) is 2.15. The Kier molecular flexibility index (Phi) is 4.53. The van der Waals surface area contributed by atoms with Crippen LogP contribution in [0.15, 0.2) is 18.2 Å². The van der Waals surface area contributed by atoms with Crippen molar-refractivity contribution in [2.75, 3.05) is 7.11 Å². The Morgan fingerprint density at radius 3 is 2.50 bits per heavy atom. The molecule has 0 aliphatic rings. The number of nitrogens with two attached hydrogens (primary N) is 1. The van der Waals surface area contributed by atoms with Gasteiger partial charge in [-0.05, 0) is 17.7 Å². The summed E-state index contributed by atoms with van der Waals surface area (Å²) >= 11 is 0. The molecular weight excluding hydrogens is 254 g/mol. The minimum Gasteiger partial charge on any atom is -0.494 e. The maximum Gasteiger partial charge on any atom is 0.403 e. The van der Waals surface area contributed by atoms with E-state index in [1.807, 2.05) is 0 Å². The van der Waals surface area contributed by atoms with E-state index in [1.165, 1.54) is 13.2 Å². The zero-order valence-corrected chi connectivity index (χ0v) is 9.54. The zero-order chi connectivity index (χ0) is 13.9. The van der Waals surface area contributed by atoms with Crippen LogP contribution in [-0.2, 0) is 0 Å². The van der Waals surface area contributed by atoms with Crippen molar-refractivity contribution >= 4 is 0 Å². The first kappa shape index (κ1) is 14.7. The van der Waals surface area contributed by atoms with E-state index in [2.05, 4.69) is 4.74 Å². The minimum absolute atomic E-state index is 0.118. The highest BCUT2D eigenvalue weighted by atomic mass is 19.4. The second-order valence-corrected chi connectivity index (χ2v) is 3.79. The highest BCUT2D eigenvalue weighted by Gasteiger charge is 2.38. The molecule has 0 saturated carbocycles. The summed E-state index contributed by atoms with van der Waals surface area (Å²) in [6.45, 7) is 0. The van der Waals surface area contributed by atoms with Crippen LogP contribution < -0.4 is 10.5 Å². The first-order valence-corrected chi connectivity index (χ1v) is 5.09. The van der Waals surface area contributed by atoms with Crippen molar-refractivity contribution in [1.82, 2.24) is 0 Å². The van der Waals surface area contributed by atoms with Gasteiger partial charge in [0.15, 0.2) is 11.6 Å². The van der Waals surface area contributed by atoms with Crippen molar-refractivity contribution in [3.8, 4) is 5.75 Å². The highest BCUT2D eigenvalue weighted by molar-refractivity contribution is 5.31. The fraction of sp³-hybridized carbons (Fsp3) is 0.455. The Bertz CT molecular complexity index is 409. The van der Waals surface area contributed by atoms with Crippen LogP contribution in [0.2, 0.25) is 0 Å². The minimum atomic E-state index is -4.58. The number of rotatable bonds is 4. The number of hydrogen-bond acceptors (Lipinski definition) is 3. The molecule has 18 heavy (non-hydrogen) atoms. The molecule has 0 radical (unpaired) electrons. The van der Waals surface area contributed by atoms with Gasteiger partial charge in [-0.3, -0.25) is 0 Å². The lowest BCUT2D eigenvalue weighted by molar-refractivity contribution is -0.153. The van der Waals surface area contributed by atoms with E-state index >= 15 is 0 Å². The maximum absolute atomic E-state index is 13.1. The molecule has 1 aromatic carbocycles. The number of aliphatic hydroxyl groups excluding tert-OH is 1. The van der Waals surface area contributed by atoms with Crippen LogP contribution >= 0.6 is 0 Å². The number of aliphatic hydroxyl groups is 1. The molecule has 2 atom stereocenters. The van der Waals surface area contributed by atoms with Gasteiger partial charge in [0.2, 0.25) is 0 Å². The summed E-state index contributed by atoms with van der Waals surface area (Å²) in [5.74, 6) is -0.805. The van der Waals surface area contributed by atoms with Gasteiger partial charge in [0.1, 0.15) is 6.04 Å². The molecule has 3 N–H and O–H groups in total. The molecule has 7 heteroatoms. The number of halogens is 4. The molecule has 0 aliphatic heterocycles. The number of methoxy groups -OCH3 is 1. The van der Waals surface area contributed by atoms with Gasteiger partial charge in [-0.25, -0.2) is 4.39 Å². The van der Waals surface area contributed by atoms with E-state index in [0.717, 1.165) is 12.1 Å². The van der Waals surface area contributed by atoms with Crippen LogP contribution in [0.5, 0.6) is 5.75 Å². The maximum atomic E-state index is 13.1. The topological polar surface area (TPSA) is 55.5 Å². The van der Waals surface area contributed by atoms with E-state index < -0.39 is 30.6 Å². The van der Waals surface area contributed by atoms with Crippen LogP contribution in [0.1, 0.15) is 18.1 Å². The second kappa shape index (κ2) is 5.53. The lowest BCUT2D eigenvalue weighted by Gasteiger charge is -2.19. The van der Waals surface area contributed by atoms with Gasteiger partial charge in [-0.1, -0.05) is 6.07 Å². The third kappa shape index (κ3) is 3.58. The molecule has 1 rings (SSSR count). The molecule has 0 amide bonds. The summed E-state index contributed by atoms with van der Waals surface area (Å²) in [6, 6.07) is 1.20. The summed E-state index contributed by atoms with van der Waals surface area (Å²) in [4.78, 5) is 0. The molecule has 0 heterocycles. The van der Waals surface area contributed by atoms with Crippen molar-refractivity contribution in [2.45, 2.75) is 24.7 Å². The molecule has 0 aromatic heterocycles. The summed E-state index contributed by atoms with van der Waals surface area (Å²) in [7, 11) is 1.22. The SMILES string of the molecule is COc1cc([C@@H](O)C[C@H](N)C(F)(F)F)ccc1F. The van der Waals surface area contributed by atoms with Crippen molar-refractivity contribution in [2.24, 2.45) is 5.73 Å². The summed E-state index contributed by atoms with van der Waals surface area (Å²) in [6.07, 6.45) is -6.71. The second-order valence-electron chi connectivity index (χ2n) is 3.79. The van der Waals surface area contributed by atoms with E-state index in [1.54, 1.807) is 0 Å². The standard InChI is InChI=1S/C11H13F4NO2/c1-18-9-4-6(2-3-7(9)12)8(17)5-10(16)11(13,14)15/h2-4,8,10,17H,5,16H2,1H3/t8-,10-/m0/s1. The van der Waals surface area contributed by atoms with E-state index in [-0.39, 0.29) is 11.3 Å². The fourth-order valence-corrected chi connectivity index (χ4v) is 1.39. The van der Waals surface area contributed by atoms with Crippen molar-refractivity contribution in [3.63, 3.8) is 0 Å². The van der Waals surface area contributed by atoms with Crippen LogP contribution in [0.4, 0.5) is 17.6 Å². The van der Waals surface area contributed by atoms with Gasteiger partial charge in [0.25, 0.3) is 0 Å². The van der Waals surface area contributed by atoms with Crippen molar-refractivity contribution in [3.05, 3.63) is 29.6 Å². The first-order valence-electron chi connectivity index (χ1n) is 5.09. The molecule has 0 spiro atoms. The van der Waals surface area contributed by atoms with E-state index in [4.69, 9.17) is 5.73 Å². The summed E-state index contributed by atoms with van der Waals surface area (Å²) < 4.78 is 54.4. The third-order valence-corrected chi connectivity index (χ3v) is 2.46. The quantitative estimate of drug-likeness (QED) is 0.822. The van der Waals surface area contributed by atoms with E-state index in [9.17, 15) is 22.7 Å². The molecule has 0 saturated heterocycles. The van der Waals surface area contributed by atoms with Gasteiger partial charge < -0.3 is 15.6 Å². The van der Waals surface area contributed by atoms with Gasteiger partial charge in [0.05, 0.1) is 13.2 Å². The molecular formula is C11H13F4NO2. The van der Waals surface area contributed by atoms with Gasteiger partial charge in [0, 0.05) is 6.42 Å². The molecule has 0 fully saturated rings. The summed E-state index contributed by atoms with van der Waals surface area (Å²) in [5.41, 5.74) is 5.02. The monoisotopic (exact) mass is 267 g/mol. The summed E-state index contributed by atoms with van der Waals surface area (Å²) in [5, 5.41) is 9.61. The van der Waals surface area contributed by atoms with Crippen molar-refractivity contribution < 1.29 is 27.4 Å². The normalized spacial score (nSPS) is 15.3. The average Bonchev–Trinajstić information content (AvgIpc) is 2.28. The Balaban J connectivity index is 2.81.